The van der Waals surface area contributed by atoms with Crippen molar-refractivity contribution in [2.75, 3.05) is 18.0 Å². The summed E-state index contributed by atoms with van der Waals surface area (Å²) in [5, 5.41) is 19.3. The van der Waals surface area contributed by atoms with Gasteiger partial charge in [0.15, 0.2) is 11.6 Å². The molecule has 1 saturated heterocycles. The zero-order valence-electron chi connectivity index (χ0n) is 9.68. The van der Waals surface area contributed by atoms with Crippen LogP contribution in [0.5, 0.6) is 0 Å². The molecule has 1 aliphatic heterocycles. The molecule has 1 N–H and O–H groups in total. The van der Waals surface area contributed by atoms with Gasteiger partial charge in [0.1, 0.15) is 5.69 Å². The summed E-state index contributed by atoms with van der Waals surface area (Å²) in [6.45, 7) is 0.184. The fraction of sp³-hybridized carbons (Fsp3) is 0.364. The summed E-state index contributed by atoms with van der Waals surface area (Å²) in [4.78, 5) is 21.6. The lowest BCUT2D eigenvalue weighted by molar-refractivity contribution is -0.385. The fourth-order valence-electron chi connectivity index (χ4n) is 2.12. The molecule has 1 aromatic carbocycles. The number of non-ortho nitro benzene ring substituents is 1. The molecular weight excluding hydrogens is 262 g/mol. The Labute approximate surface area is 106 Å². The van der Waals surface area contributed by atoms with Crippen LogP contribution in [-0.2, 0) is 4.79 Å². The van der Waals surface area contributed by atoms with Gasteiger partial charge in [-0.25, -0.2) is 8.78 Å². The van der Waals surface area contributed by atoms with E-state index in [1.54, 1.807) is 0 Å². The smallest absolute Gasteiger partial charge is 0.308 e. The van der Waals surface area contributed by atoms with E-state index < -0.39 is 39.8 Å². The van der Waals surface area contributed by atoms with E-state index >= 15 is 0 Å². The van der Waals surface area contributed by atoms with Gasteiger partial charge in [-0.3, -0.25) is 14.9 Å². The highest BCUT2D eigenvalue weighted by atomic mass is 19.1. The van der Waals surface area contributed by atoms with Gasteiger partial charge in [-0.1, -0.05) is 0 Å². The van der Waals surface area contributed by atoms with E-state index in [4.69, 9.17) is 5.11 Å². The highest BCUT2D eigenvalue weighted by molar-refractivity contribution is 5.72. The lowest BCUT2D eigenvalue weighted by Gasteiger charge is -2.19. The monoisotopic (exact) mass is 272 g/mol. The standard InChI is InChI=1S/C11H10F2N2O4/c12-8-3-7(15(18)19)4-9(13)10(8)14-2-1-6(5-14)11(16)17/h3-4,6H,1-2,5H2,(H,16,17). The molecule has 0 aliphatic carbocycles. The van der Waals surface area contributed by atoms with Gasteiger partial charge in [0, 0.05) is 13.1 Å². The topological polar surface area (TPSA) is 83.7 Å². The Bertz CT molecular complexity index is 526. The molecule has 0 spiro atoms. The SMILES string of the molecule is O=C(O)C1CCN(c2c(F)cc([N+](=O)[O-])cc2F)C1. The number of anilines is 1. The van der Waals surface area contributed by atoms with Gasteiger partial charge in [-0.2, -0.15) is 0 Å². The predicted octanol–water partition coefficient (Wildman–Crippen LogP) is 1.78. The summed E-state index contributed by atoms with van der Waals surface area (Å²) in [5.74, 6) is -3.82. The molecule has 0 amide bonds. The molecule has 0 radical (unpaired) electrons. The van der Waals surface area contributed by atoms with Crippen molar-refractivity contribution in [1.29, 1.82) is 0 Å². The number of nitro benzene ring substituents is 1. The first kappa shape index (κ1) is 13.2. The second-order valence-corrected chi connectivity index (χ2v) is 4.28. The lowest BCUT2D eigenvalue weighted by atomic mass is 10.1. The predicted molar refractivity (Wildman–Crippen MR) is 61.0 cm³/mol. The van der Waals surface area contributed by atoms with E-state index in [0.717, 1.165) is 0 Å². The summed E-state index contributed by atoms with van der Waals surface area (Å²) < 4.78 is 27.4. The summed E-state index contributed by atoms with van der Waals surface area (Å²) >= 11 is 0. The van der Waals surface area contributed by atoms with E-state index in [-0.39, 0.29) is 19.5 Å². The summed E-state index contributed by atoms with van der Waals surface area (Å²) in [7, 11) is 0. The van der Waals surface area contributed by atoms with E-state index in [2.05, 4.69) is 0 Å². The Balaban J connectivity index is 2.31. The summed E-state index contributed by atoms with van der Waals surface area (Å²) in [5.41, 5.74) is -1.08. The van der Waals surface area contributed by atoms with Crippen LogP contribution in [0.1, 0.15) is 6.42 Å². The van der Waals surface area contributed by atoms with Crippen molar-refractivity contribution in [2.24, 2.45) is 5.92 Å². The highest BCUT2D eigenvalue weighted by Gasteiger charge is 2.31. The molecule has 1 atom stereocenters. The molecule has 19 heavy (non-hydrogen) atoms. The van der Waals surface area contributed by atoms with Gasteiger partial charge >= 0.3 is 5.97 Å². The van der Waals surface area contributed by atoms with Gasteiger partial charge in [0.2, 0.25) is 0 Å². The Morgan fingerprint density at radius 3 is 2.42 bits per heavy atom. The Morgan fingerprint density at radius 2 is 2.00 bits per heavy atom. The van der Waals surface area contributed by atoms with Crippen LogP contribution in [0.25, 0.3) is 0 Å². The van der Waals surface area contributed by atoms with Crippen LogP contribution in [0.3, 0.4) is 0 Å². The van der Waals surface area contributed by atoms with Crippen LogP contribution >= 0.6 is 0 Å². The molecule has 8 heteroatoms. The quantitative estimate of drug-likeness (QED) is 0.669. The number of hydrogen-bond donors (Lipinski definition) is 1. The first-order chi connectivity index (χ1) is 8.90. The van der Waals surface area contributed by atoms with Crippen molar-refractivity contribution < 1.29 is 23.6 Å². The minimum atomic E-state index is -1.06. The number of carboxylic acid groups (broad SMARTS) is 1. The minimum absolute atomic E-state index is 0.0129. The van der Waals surface area contributed by atoms with Crippen molar-refractivity contribution in [3.05, 3.63) is 33.9 Å². The zero-order chi connectivity index (χ0) is 14.2. The Kier molecular flexibility index (Phi) is 3.32. The molecule has 1 aromatic rings. The molecule has 1 aliphatic rings. The van der Waals surface area contributed by atoms with Gasteiger partial charge in [-0.15, -0.1) is 0 Å². The molecule has 2 rings (SSSR count). The Morgan fingerprint density at radius 1 is 1.42 bits per heavy atom. The van der Waals surface area contributed by atoms with Gasteiger partial charge in [0.25, 0.3) is 5.69 Å². The van der Waals surface area contributed by atoms with Crippen LogP contribution in [0, 0.1) is 27.7 Å². The second kappa shape index (κ2) is 4.79. The van der Waals surface area contributed by atoms with Crippen molar-refractivity contribution in [1.82, 2.24) is 0 Å². The average molecular weight is 272 g/mol. The molecule has 0 bridgehead atoms. The van der Waals surface area contributed by atoms with Crippen LogP contribution in [0.2, 0.25) is 0 Å². The number of halogens is 2. The fourth-order valence-corrected chi connectivity index (χ4v) is 2.12. The molecule has 1 fully saturated rings. The number of carbonyl (C=O) groups is 1. The third-order valence-electron chi connectivity index (χ3n) is 3.07. The Hall–Kier alpha value is -2.25. The number of benzene rings is 1. The number of nitrogens with zero attached hydrogens (tertiary/aromatic N) is 2. The van der Waals surface area contributed by atoms with Crippen LogP contribution in [0.15, 0.2) is 12.1 Å². The molecule has 0 aromatic heterocycles. The van der Waals surface area contributed by atoms with E-state index in [0.29, 0.717) is 12.1 Å². The number of hydrogen-bond acceptors (Lipinski definition) is 4. The summed E-state index contributed by atoms with van der Waals surface area (Å²) in [6.07, 6.45) is 0.283. The zero-order valence-corrected chi connectivity index (χ0v) is 9.68. The van der Waals surface area contributed by atoms with Gasteiger partial charge in [0.05, 0.1) is 23.0 Å². The molecule has 6 nitrogen and oxygen atoms in total. The van der Waals surface area contributed by atoms with E-state index in [1.807, 2.05) is 0 Å². The maximum atomic E-state index is 13.7. The number of aliphatic carboxylic acids is 1. The van der Waals surface area contributed by atoms with Crippen molar-refractivity contribution in [3.63, 3.8) is 0 Å². The molecule has 1 unspecified atom stereocenters. The first-order valence-corrected chi connectivity index (χ1v) is 5.51. The first-order valence-electron chi connectivity index (χ1n) is 5.51. The minimum Gasteiger partial charge on any atom is -0.481 e. The largest absolute Gasteiger partial charge is 0.481 e. The number of carboxylic acids is 1. The van der Waals surface area contributed by atoms with Crippen molar-refractivity contribution in [3.8, 4) is 0 Å². The average Bonchev–Trinajstić information content (AvgIpc) is 2.77. The van der Waals surface area contributed by atoms with E-state index in [1.165, 1.54) is 4.90 Å². The maximum absolute atomic E-state index is 13.7. The summed E-state index contributed by atoms with van der Waals surface area (Å²) in [6, 6.07) is 1.26. The van der Waals surface area contributed by atoms with Crippen molar-refractivity contribution >= 4 is 17.3 Å². The lowest BCUT2D eigenvalue weighted by Crippen LogP contribution is -2.24. The molecular formula is C11H10F2N2O4. The van der Waals surface area contributed by atoms with Crippen LogP contribution in [0.4, 0.5) is 20.2 Å². The molecule has 0 saturated carbocycles. The number of rotatable bonds is 3. The highest BCUT2D eigenvalue weighted by Crippen LogP contribution is 2.31. The van der Waals surface area contributed by atoms with Crippen LogP contribution < -0.4 is 4.90 Å². The van der Waals surface area contributed by atoms with E-state index in [9.17, 15) is 23.7 Å². The van der Waals surface area contributed by atoms with Gasteiger partial charge < -0.3 is 10.0 Å². The third-order valence-corrected chi connectivity index (χ3v) is 3.07. The number of nitro groups is 1. The van der Waals surface area contributed by atoms with Crippen molar-refractivity contribution in [2.45, 2.75) is 6.42 Å². The third kappa shape index (κ3) is 2.47. The van der Waals surface area contributed by atoms with Crippen LogP contribution in [-0.4, -0.2) is 29.1 Å². The maximum Gasteiger partial charge on any atom is 0.308 e. The molecule has 1 heterocycles. The second-order valence-electron chi connectivity index (χ2n) is 4.28. The van der Waals surface area contributed by atoms with Gasteiger partial charge in [-0.05, 0) is 6.42 Å². The normalized spacial score (nSPS) is 18.6. The molecule has 102 valence electrons.